The van der Waals surface area contributed by atoms with Gasteiger partial charge in [0.25, 0.3) is 0 Å². The van der Waals surface area contributed by atoms with Gasteiger partial charge in [0.1, 0.15) is 30.5 Å². The van der Waals surface area contributed by atoms with Gasteiger partial charge in [0.15, 0.2) is 0 Å². The second-order valence-corrected chi connectivity index (χ2v) is 6.92. The molecule has 27 heavy (non-hydrogen) atoms. The molecule has 0 aliphatic carbocycles. The lowest BCUT2D eigenvalue weighted by Crippen LogP contribution is -2.38. The van der Waals surface area contributed by atoms with E-state index in [1.54, 1.807) is 6.33 Å². The highest BCUT2D eigenvalue weighted by Gasteiger charge is 2.22. The number of hydrogen-bond acceptors (Lipinski definition) is 5. The lowest BCUT2D eigenvalue weighted by molar-refractivity contribution is -0.118. The van der Waals surface area contributed by atoms with Crippen molar-refractivity contribution < 1.29 is 9.53 Å². The van der Waals surface area contributed by atoms with Crippen molar-refractivity contribution in [1.82, 2.24) is 14.5 Å². The minimum atomic E-state index is -0.355. The number of amides is 1. The molecular weight excluding hydrogens is 342 g/mol. The molecule has 0 saturated carbocycles. The van der Waals surface area contributed by atoms with Crippen molar-refractivity contribution in [3.63, 3.8) is 0 Å². The van der Waals surface area contributed by atoms with Crippen molar-refractivity contribution in [2.75, 3.05) is 18.0 Å². The largest absolute Gasteiger partial charge is 0.490 e. The molecule has 1 aliphatic heterocycles. The van der Waals surface area contributed by atoms with Crippen LogP contribution in [0.25, 0.3) is 10.9 Å². The summed E-state index contributed by atoms with van der Waals surface area (Å²) in [6.45, 7) is 3.95. The number of aromatic nitrogens is 3. The SMILES string of the molecule is Cc1cc(N2CCC(Oc3cccc4c3ccn4CC(N)=O)CC2)ncn1. The van der Waals surface area contributed by atoms with Gasteiger partial charge in [0.05, 0.1) is 5.52 Å². The van der Waals surface area contributed by atoms with E-state index in [2.05, 4.69) is 14.9 Å². The minimum absolute atomic E-state index is 0.161. The van der Waals surface area contributed by atoms with Gasteiger partial charge in [-0.1, -0.05) is 6.07 Å². The maximum Gasteiger partial charge on any atom is 0.237 e. The molecule has 4 rings (SSSR count). The van der Waals surface area contributed by atoms with Crippen LogP contribution < -0.4 is 15.4 Å². The molecule has 3 heterocycles. The van der Waals surface area contributed by atoms with E-state index in [0.29, 0.717) is 0 Å². The summed E-state index contributed by atoms with van der Waals surface area (Å²) in [6.07, 6.45) is 5.52. The third kappa shape index (κ3) is 3.72. The van der Waals surface area contributed by atoms with E-state index in [-0.39, 0.29) is 18.6 Å². The lowest BCUT2D eigenvalue weighted by atomic mass is 10.1. The summed E-state index contributed by atoms with van der Waals surface area (Å²) >= 11 is 0. The van der Waals surface area contributed by atoms with Crippen LogP contribution in [0.1, 0.15) is 18.5 Å². The zero-order chi connectivity index (χ0) is 18.8. The van der Waals surface area contributed by atoms with Crippen LogP contribution in [0.5, 0.6) is 5.75 Å². The fourth-order valence-corrected chi connectivity index (χ4v) is 3.60. The summed E-state index contributed by atoms with van der Waals surface area (Å²) in [4.78, 5) is 22.0. The molecular formula is C20H23N5O2. The van der Waals surface area contributed by atoms with Crippen LogP contribution in [-0.4, -0.2) is 39.6 Å². The van der Waals surface area contributed by atoms with Crippen molar-refractivity contribution >= 4 is 22.6 Å². The van der Waals surface area contributed by atoms with Crippen molar-refractivity contribution in [3.05, 3.63) is 48.5 Å². The van der Waals surface area contributed by atoms with Crippen LogP contribution in [0.3, 0.4) is 0 Å². The van der Waals surface area contributed by atoms with Crippen LogP contribution in [0, 0.1) is 6.92 Å². The van der Waals surface area contributed by atoms with E-state index in [1.165, 1.54) is 0 Å². The first kappa shape index (κ1) is 17.3. The molecule has 2 aromatic heterocycles. The maximum absolute atomic E-state index is 11.2. The highest BCUT2D eigenvalue weighted by atomic mass is 16.5. The highest BCUT2D eigenvalue weighted by molar-refractivity contribution is 5.87. The molecule has 0 bridgehead atoms. The predicted octanol–water partition coefficient (Wildman–Crippen LogP) is 2.27. The number of anilines is 1. The van der Waals surface area contributed by atoms with Crippen LogP contribution in [0.2, 0.25) is 0 Å². The number of aryl methyl sites for hydroxylation is 1. The van der Waals surface area contributed by atoms with Crippen molar-refractivity contribution in [1.29, 1.82) is 0 Å². The summed E-state index contributed by atoms with van der Waals surface area (Å²) in [5, 5.41) is 1.01. The van der Waals surface area contributed by atoms with E-state index in [4.69, 9.17) is 10.5 Å². The molecule has 0 atom stereocenters. The first-order valence-corrected chi connectivity index (χ1v) is 9.16. The van der Waals surface area contributed by atoms with Gasteiger partial charge in [-0.3, -0.25) is 4.79 Å². The molecule has 7 nitrogen and oxygen atoms in total. The van der Waals surface area contributed by atoms with Gasteiger partial charge in [-0.05, 0) is 25.1 Å². The van der Waals surface area contributed by atoms with Gasteiger partial charge < -0.3 is 19.9 Å². The van der Waals surface area contributed by atoms with Crippen molar-refractivity contribution in [2.24, 2.45) is 5.73 Å². The van der Waals surface area contributed by atoms with Crippen LogP contribution in [0.4, 0.5) is 5.82 Å². The number of carbonyl (C=O) groups is 1. The number of fused-ring (bicyclic) bond motifs is 1. The zero-order valence-corrected chi connectivity index (χ0v) is 15.3. The Labute approximate surface area is 157 Å². The molecule has 0 spiro atoms. The summed E-state index contributed by atoms with van der Waals surface area (Å²) < 4.78 is 8.16. The van der Waals surface area contributed by atoms with Gasteiger partial charge in [-0.2, -0.15) is 0 Å². The summed E-state index contributed by atoms with van der Waals surface area (Å²) in [5.41, 5.74) is 7.26. The molecule has 7 heteroatoms. The zero-order valence-electron chi connectivity index (χ0n) is 15.3. The topological polar surface area (TPSA) is 86.3 Å². The third-order valence-corrected chi connectivity index (χ3v) is 4.95. The molecule has 0 radical (unpaired) electrons. The van der Waals surface area contributed by atoms with E-state index in [0.717, 1.165) is 54.1 Å². The fraction of sp³-hybridized carbons (Fsp3) is 0.350. The Morgan fingerprint density at radius 3 is 2.81 bits per heavy atom. The smallest absolute Gasteiger partial charge is 0.237 e. The Bertz CT molecular complexity index is 960. The van der Waals surface area contributed by atoms with E-state index in [9.17, 15) is 4.79 Å². The maximum atomic E-state index is 11.2. The summed E-state index contributed by atoms with van der Waals surface area (Å²) in [6, 6.07) is 9.91. The minimum Gasteiger partial charge on any atom is -0.490 e. The molecule has 2 N–H and O–H groups in total. The second-order valence-electron chi connectivity index (χ2n) is 6.92. The van der Waals surface area contributed by atoms with Gasteiger partial charge >= 0.3 is 0 Å². The highest BCUT2D eigenvalue weighted by Crippen LogP contribution is 2.29. The van der Waals surface area contributed by atoms with Gasteiger partial charge in [-0.15, -0.1) is 0 Å². The standard InChI is InChI=1S/C20H23N5O2/c1-14-11-20(23-13-22-14)24-8-5-15(6-9-24)27-18-4-2-3-17-16(18)7-10-25(17)12-19(21)26/h2-4,7,10-11,13,15H,5-6,8-9,12H2,1H3,(H2,21,26). The summed E-state index contributed by atoms with van der Waals surface area (Å²) in [5.74, 6) is 1.48. The number of carbonyl (C=O) groups excluding carboxylic acids is 1. The van der Waals surface area contributed by atoms with Crippen molar-refractivity contribution in [3.8, 4) is 5.75 Å². The number of nitrogens with two attached hydrogens (primary N) is 1. The van der Waals surface area contributed by atoms with Crippen LogP contribution in [-0.2, 0) is 11.3 Å². The molecule has 140 valence electrons. The van der Waals surface area contributed by atoms with Gasteiger partial charge in [0.2, 0.25) is 5.91 Å². The van der Waals surface area contributed by atoms with E-state index >= 15 is 0 Å². The Morgan fingerprint density at radius 1 is 1.26 bits per heavy atom. The van der Waals surface area contributed by atoms with E-state index < -0.39 is 0 Å². The number of hydrogen-bond donors (Lipinski definition) is 1. The number of primary amides is 1. The number of rotatable bonds is 5. The molecule has 1 aromatic carbocycles. The first-order valence-electron chi connectivity index (χ1n) is 9.16. The predicted molar refractivity (Wildman–Crippen MR) is 104 cm³/mol. The average molecular weight is 365 g/mol. The Balaban J connectivity index is 1.45. The lowest BCUT2D eigenvalue weighted by Gasteiger charge is -2.33. The molecule has 1 fully saturated rings. The molecule has 0 unspecified atom stereocenters. The molecule has 1 aliphatic rings. The number of benzene rings is 1. The summed E-state index contributed by atoms with van der Waals surface area (Å²) in [7, 11) is 0. The first-order chi connectivity index (χ1) is 13.1. The Morgan fingerprint density at radius 2 is 2.07 bits per heavy atom. The van der Waals surface area contributed by atoms with Crippen LogP contribution in [0.15, 0.2) is 42.9 Å². The average Bonchev–Trinajstić information content (AvgIpc) is 3.06. The number of nitrogens with zero attached hydrogens (tertiary/aromatic N) is 4. The van der Waals surface area contributed by atoms with Gasteiger partial charge in [-0.25, -0.2) is 9.97 Å². The molecule has 1 amide bonds. The monoisotopic (exact) mass is 365 g/mol. The number of piperidine rings is 1. The van der Waals surface area contributed by atoms with Gasteiger partial charge in [0, 0.05) is 49.3 Å². The molecule has 3 aromatic rings. The van der Waals surface area contributed by atoms with E-state index in [1.807, 2.05) is 48.0 Å². The second kappa shape index (κ2) is 7.26. The quantitative estimate of drug-likeness (QED) is 0.750. The Kier molecular flexibility index (Phi) is 4.66. The number of ether oxygens (including phenoxy) is 1. The van der Waals surface area contributed by atoms with Crippen molar-refractivity contribution in [2.45, 2.75) is 32.4 Å². The molecule has 1 saturated heterocycles. The normalized spacial score (nSPS) is 15.2. The van der Waals surface area contributed by atoms with Crippen LogP contribution >= 0.6 is 0 Å². The Hall–Kier alpha value is -3.09. The fourth-order valence-electron chi connectivity index (χ4n) is 3.60. The third-order valence-electron chi connectivity index (χ3n) is 4.95.